The summed E-state index contributed by atoms with van der Waals surface area (Å²) < 4.78 is 40.4. The first-order valence-corrected chi connectivity index (χ1v) is 16.8. The molecule has 0 spiro atoms. The molecule has 4 rings (SSSR count). The minimum atomic E-state index is -0.943. The molecule has 0 saturated carbocycles. The van der Waals surface area contributed by atoms with E-state index < -0.39 is 29.5 Å². The zero-order valence-corrected chi connectivity index (χ0v) is 30.2. The summed E-state index contributed by atoms with van der Waals surface area (Å²) in [5.41, 5.74) is 1.12. The van der Waals surface area contributed by atoms with E-state index in [4.69, 9.17) is 28.4 Å². The topological polar surface area (TPSA) is 150 Å². The van der Waals surface area contributed by atoms with Gasteiger partial charge in [-0.2, -0.15) is 0 Å². The Morgan fingerprint density at radius 1 is 0.917 bits per heavy atom. The highest BCUT2D eigenvalue weighted by atomic mass is 127. The van der Waals surface area contributed by atoms with Crippen LogP contribution in [0.2, 0.25) is 0 Å². The third-order valence-electron chi connectivity index (χ3n) is 6.87. The zero-order valence-electron chi connectivity index (χ0n) is 27.2. The molecule has 2 aromatic carbocycles. The molecule has 256 valence electrons. The van der Waals surface area contributed by atoms with Crippen molar-refractivity contribution in [2.24, 2.45) is 4.99 Å². The lowest BCUT2D eigenvalue weighted by molar-refractivity contribution is -0.145. The van der Waals surface area contributed by atoms with Gasteiger partial charge in [-0.25, -0.2) is 19.4 Å². The second kappa shape index (κ2) is 16.6. The van der Waals surface area contributed by atoms with Crippen molar-refractivity contribution >= 4 is 57.9 Å². The lowest BCUT2D eigenvalue weighted by Crippen LogP contribution is -2.40. The maximum Gasteiger partial charge on any atom is 0.344 e. The number of rotatable bonds is 14. The van der Waals surface area contributed by atoms with Gasteiger partial charge in [0.05, 0.1) is 55.9 Å². The standard InChI is InChI=1S/C33H35IN2O11S/c1-7-43-23-13-19(10-11-22(23)46-16-26(37)42-6)29-28(32(40)45-9-3)18(4)35-33-36(29)31(39)25(48-33)14-20-12-21(34)15-24(41-5)30(20)47-17-27(38)44-8-2/h10-15,29H,7-9,16-17H2,1-6H3/b25-14+/t29-/m0/s1. The fraction of sp³-hybridized carbons (Fsp3) is 0.364. The van der Waals surface area contributed by atoms with Crippen LogP contribution in [0, 0.1) is 3.57 Å². The summed E-state index contributed by atoms with van der Waals surface area (Å²) in [4.78, 5) is 56.5. The highest BCUT2D eigenvalue weighted by Gasteiger charge is 2.34. The minimum Gasteiger partial charge on any atom is -0.493 e. The monoisotopic (exact) mass is 794 g/mol. The van der Waals surface area contributed by atoms with Crippen molar-refractivity contribution < 1.29 is 47.5 Å². The van der Waals surface area contributed by atoms with Gasteiger partial charge >= 0.3 is 17.9 Å². The number of hydrogen-bond acceptors (Lipinski definition) is 13. The molecule has 2 heterocycles. The largest absolute Gasteiger partial charge is 0.493 e. The number of thiazole rings is 1. The van der Waals surface area contributed by atoms with Crippen LogP contribution in [0.1, 0.15) is 44.9 Å². The van der Waals surface area contributed by atoms with Crippen LogP contribution >= 0.6 is 33.9 Å². The summed E-state index contributed by atoms with van der Waals surface area (Å²) in [5, 5.41) is 0. The molecule has 0 aliphatic carbocycles. The average molecular weight is 795 g/mol. The third-order valence-corrected chi connectivity index (χ3v) is 8.47. The number of carbonyl (C=O) groups excluding carboxylic acids is 3. The number of hydrogen-bond donors (Lipinski definition) is 0. The van der Waals surface area contributed by atoms with Gasteiger partial charge in [0.2, 0.25) is 0 Å². The van der Waals surface area contributed by atoms with E-state index in [1.165, 1.54) is 18.8 Å². The van der Waals surface area contributed by atoms with Gasteiger partial charge in [-0.15, -0.1) is 0 Å². The quantitative estimate of drug-likeness (QED) is 0.134. The van der Waals surface area contributed by atoms with Gasteiger partial charge in [-0.05, 0) is 86.2 Å². The van der Waals surface area contributed by atoms with Gasteiger partial charge in [0.25, 0.3) is 5.56 Å². The van der Waals surface area contributed by atoms with Crippen LogP contribution in [0.25, 0.3) is 6.08 Å². The van der Waals surface area contributed by atoms with Crippen LogP contribution in [0.15, 0.2) is 51.4 Å². The Balaban J connectivity index is 1.91. The Bertz CT molecular complexity index is 1910. The van der Waals surface area contributed by atoms with Gasteiger partial charge in [0, 0.05) is 9.13 Å². The zero-order chi connectivity index (χ0) is 35.0. The van der Waals surface area contributed by atoms with Gasteiger partial charge in [-0.3, -0.25) is 9.36 Å². The van der Waals surface area contributed by atoms with Gasteiger partial charge < -0.3 is 33.2 Å². The van der Waals surface area contributed by atoms with Gasteiger partial charge in [0.1, 0.15) is 0 Å². The average Bonchev–Trinajstić information content (AvgIpc) is 3.36. The van der Waals surface area contributed by atoms with Crippen LogP contribution in [0.3, 0.4) is 0 Å². The molecule has 0 amide bonds. The predicted octanol–water partition coefficient (Wildman–Crippen LogP) is 3.30. The Morgan fingerprint density at radius 3 is 2.31 bits per heavy atom. The normalized spacial score (nSPS) is 14.1. The summed E-state index contributed by atoms with van der Waals surface area (Å²) in [7, 11) is 2.73. The van der Waals surface area contributed by atoms with Crippen LogP contribution in [0.4, 0.5) is 0 Å². The van der Waals surface area contributed by atoms with Crippen LogP contribution < -0.4 is 33.8 Å². The number of halogens is 1. The third kappa shape index (κ3) is 8.18. The maximum atomic E-state index is 14.3. The molecule has 1 aliphatic heterocycles. The highest BCUT2D eigenvalue weighted by Crippen LogP contribution is 2.37. The molecule has 48 heavy (non-hydrogen) atoms. The van der Waals surface area contributed by atoms with E-state index in [0.717, 1.165) is 14.9 Å². The molecular weight excluding hydrogens is 759 g/mol. The molecule has 0 unspecified atom stereocenters. The molecule has 0 saturated heterocycles. The molecular formula is C33H35IN2O11S. The van der Waals surface area contributed by atoms with Gasteiger partial charge in [0.15, 0.2) is 41.0 Å². The first kappa shape index (κ1) is 36.5. The highest BCUT2D eigenvalue weighted by molar-refractivity contribution is 14.1. The van der Waals surface area contributed by atoms with Crippen LogP contribution in [-0.4, -0.2) is 69.7 Å². The molecule has 0 radical (unpaired) electrons. The predicted molar refractivity (Wildman–Crippen MR) is 183 cm³/mol. The lowest BCUT2D eigenvalue weighted by Gasteiger charge is -2.25. The van der Waals surface area contributed by atoms with E-state index in [1.54, 1.807) is 64.1 Å². The summed E-state index contributed by atoms with van der Waals surface area (Å²) in [6.45, 7) is 6.74. The Morgan fingerprint density at radius 2 is 1.65 bits per heavy atom. The van der Waals surface area contributed by atoms with Gasteiger partial charge in [-0.1, -0.05) is 17.4 Å². The van der Waals surface area contributed by atoms with E-state index in [-0.39, 0.29) is 54.6 Å². The number of esters is 3. The van der Waals surface area contributed by atoms with Crippen molar-refractivity contribution in [3.63, 3.8) is 0 Å². The lowest BCUT2D eigenvalue weighted by atomic mass is 9.95. The van der Waals surface area contributed by atoms with Crippen molar-refractivity contribution in [2.75, 3.05) is 47.3 Å². The Labute approximate surface area is 293 Å². The van der Waals surface area contributed by atoms with Crippen molar-refractivity contribution in [3.05, 3.63) is 76.0 Å². The SMILES string of the molecule is CCOC(=O)COc1c(/C=c2/sc3n(c2=O)[C@@H](c2ccc(OCC(=O)OC)c(OCC)c2)C(C(=O)OCC)=C(C)N=3)cc(I)cc1OC. The van der Waals surface area contributed by atoms with Crippen molar-refractivity contribution in [1.29, 1.82) is 0 Å². The molecule has 0 bridgehead atoms. The molecule has 3 aromatic rings. The van der Waals surface area contributed by atoms with Crippen LogP contribution in [-0.2, 0) is 28.6 Å². The molecule has 15 heteroatoms. The summed E-state index contributed by atoms with van der Waals surface area (Å²) in [5.74, 6) is -0.565. The van der Waals surface area contributed by atoms with E-state index in [2.05, 4.69) is 32.3 Å². The fourth-order valence-corrected chi connectivity index (χ4v) is 6.52. The van der Waals surface area contributed by atoms with E-state index in [1.807, 2.05) is 0 Å². The number of ether oxygens (including phenoxy) is 7. The molecule has 0 fully saturated rings. The molecule has 1 aromatic heterocycles. The maximum absolute atomic E-state index is 14.3. The molecule has 13 nitrogen and oxygen atoms in total. The summed E-state index contributed by atoms with van der Waals surface area (Å²) >= 11 is 3.24. The molecule has 1 aliphatic rings. The number of aromatic nitrogens is 1. The first-order valence-electron chi connectivity index (χ1n) is 14.9. The molecule has 0 N–H and O–H groups in total. The smallest absolute Gasteiger partial charge is 0.344 e. The van der Waals surface area contributed by atoms with Crippen molar-refractivity contribution in [3.8, 4) is 23.0 Å². The first-order chi connectivity index (χ1) is 23.1. The van der Waals surface area contributed by atoms with E-state index >= 15 is 0 Å². The number of nitrogens with zero attached hydrogens (tertiary/aromatic N) is 2. The van der Waals surface area contributed by atoms with E-state index in [0.29, 0.717) is 33.1 Å². The second-order valence-corrected chi connectivity index (χ2v) is 12.2. The number of benzene rings is 2. The van der Waals surface area contributed by atoms with Crippen LogP contribution in [0.5, 0.6) is 23.0 Å². The second-order valence-electron chi connectivity index (χ2n) is 9.93. The number of allylic oxidation sites excluding steroid dienone is 1. The van der Waals surface area contributed by atoms with Crippen molar-refractivity contribution in [1.82, 2.24) is 4.57 Å². The van der Waals surface area contributed by atoms with Crippen molar-refractivity contribution in [2.45, 2.75) is 33.7 Å². The molecule has 1 atom stereocenters. The number of fused-ring (bicyclic) bond motifs is 1. The Kier molecular flexibility index (Phi) is 12.6. The Hall–Kier alpha value is -4.38. The summed E-state index contributed by atoms with van der Waals surface area (Å²) in [6, 6.07) is 7.52. The summed E-state index contributed by atoms with van der Waals surface area (Å²) in [6.07, 6.45) is 1.63. The number of methoxy groups -OCH3 is 2. The van der Waals surface area contributed by atoms with E-state index in [9.17, 15) is 19.2 Å². The fourth-order valence-electron chi connectivity index (χ4n) is 4.86. The number of carbonyl (C=O) groups is 3. The minimum absolute atomic E-state index is 0.111.